The van der Waals surface area contributed by atoms with Crippen molar-refractivity contribution in [2.24, 2.45) is 0 Å². The molecule has 0 unspecified atom stereocenters. The van der Waals surface area contributed by atoms with Crippen molar-refractivity contribution in [1.29, 1.82) is 0 Å². The van der Waals surface area contributed by atoms with Gasteiger partial charge in [0.15, 0.2) is 0 Å². The molecule has 2 fully saturated rings. The summed E-state index contributed by atoms with van der Waals surface area (Å²) < 4.78 is 11.7. The van der Waals surface area contributed by atoms with Gasteiger partial charge in [0.2, 0.25) is 0 Å². The minimum Gasteiger partial charge on any atom is -0.375 e. The van der Waals surface area contributed by atoms with E-state index in [0.29, 0.717) is 25.4 Å². The summed E-state index contributed by atoms with van der Waals surface area (Å²) in [5.41, 5.74) is 0. The van der Waals surface area contributed by atoms with Crippen LogP contribution >= 0.6 is 11.3 Å². The third kappa shape index (κ3) is 3.31. The van der Waals surface area contributed by atoms with Gasteiger partial charge in [0.25, 0.3) is 0 Å². The highest BCUT2D eigenvalue weighted by atomic mass is 32.1. The standard InChI is InChI=1S/C16H23NO2S/c1-2-9-18-12-13-5-6-15-16(19-13)7-8-17(15)11-14-4-3-10-20-14/h2-4,10,13,15-16H,1,5-9,11-12H2/t13-,15-,16-/m0/s1. The van der Waals surface area contributed by atoms with E-state index < -0.39 is 0 Å². The van der Waals surface area contributed by atoms with E-state index in [1.807, 2.05) is 11.3 Å². The molecule has 0 spiro atoms. The van der Waals surface area contributed by atoms with E-state index in [1.165, 1.54) is 11.3 Å². The molecule has 2 aliphatic rings. The summed E-state index contributed by atoms with van der Waals surface area (Å²) in [7, 11) is 0. The van der Waals surface area contributed by atoms with E-state index in [-0.39, 0.29) is 6.10 Å². The molecule has 0 radical (unpaired) electrons. The zero-order valence-corrected chi connectivity index (χ0v) is 12.7. The Morgan fingerprint density at radius 3 is 3.20 bits per heavy atom. The van der Waals surface area contributed by atoms with Crippen molar-refractivity contribution in [3.05, 3.63) is 35.0 Å². The molecule has 3 atom stereocenters. The van der Waals surface area contributed by atoms with Gasteiger partial charge in [-0.05, 0) is 30.7 Å². The first kappa shape index (κ1) is 14.3. The van der Waals surface area contributed by atoms with Crippen LogP contribution in [0.4, 0.5) is 0 Å². The number of thiophene rings is 1. The van der Waals surface area contributed by atoms with Crippen LogP contribution in [0.2, 0.25) is 0 Å². The molecule has 0 aromatic carbocycles. The number of rotatable bonds is 6. The minimum atomic E-state index is 0.276. The van der Waals surface area contributed by atoms with Crippen molar-refractivity contribution in [3.8, 4) is 0 Å². The van der Waals surface area contributed by atoms with Gasteiger partial charge in [-0.3, -0.25) is 4.90 Å². The first-order valence-electron chi connectivity index (χ1n) is 7.47. The number of fused-ring (bicyclic) bond motifs is 1. The number of likely N-dealkylation sites (tertiary alicyclic amines) is 1. The monoisotopic (exact) mass is 293 g/mol. The van der Waals surface area contributed by atoms with E-state index in [9.17, 15) is 0 Å². The lowest BCUT2D eigenvalue weighted by atomic mass is 9.99. The maximum Gasteiger partial charge on any atom is 0.0813 e. The van der Waals surface area contributed by atoms with E-state index in [4.69, 9.17) is 9.47 Å². The maximum atomic E-state index is 6.21. The van der Waals surface area contributed by atoms with Crippen LogP contribution < -0.4 is 0 Å². The van der Waals surface area contributed by atoms with E-state index >= 15 is 0 Å². The van der Waals surface area contributed by atoms with Gasteiger partial charge in [-0.2, -0.15) is 0 Å². The summed E-state index contributed by atoms with van der Waals surface area (Å²) in [6.45, 7) is 7.25. The number of hydrogen-bond donors (Lipinski definition) is 0. The molecule has 0 aliphatic carbocycles. The fraction of sp³-hybridized carbons (Fsp3) is 0.625. The molecule has 0 bridgehead atoms. The summed E-state index contributed by atoms with van der Waals surface area (Å²) in [5, 5.41) is 2.16. The van der Waals surface area contributed by atoms with Gasteiger partial charge in [0, 0.05) is 24.0 Å². The molecular formula is C16H23NO2S. The van der Waals surface area contributed by atoms with E-state index in [0.717, 1.165) is 25.9 Å². The lowest BCUT2D eigenvalue weighted by Gasteiger charge is -2.35. The average Bonchev–Trinajstić information content (AvgIpc) is 3.10. The molecule has 0 saturated carbocycles. The molecule has 2 saturated heterocycles. The summed E-state index contributed by atoms with van der Waals surface area (Å²) in [4.78, 5) is 4.05. The molecule has 20 heavy (non-hydrogen) atoms. The Morgan fingerprint density at radius 1 is 1.45 bits per heavy atom. The largest absolute Gasteiger partial charge is 0.375 e. The zero-order valence-electron chi connectivity index (χ0n) is 11.9. The molecule has 3 rings (SSSR count). The second-order valence-corrected chi connectivity index (χ2v) is 6.64. The van der Waals surface area contributed by atoms with Crippen LogP contribution in [-0.2, 0) is 16.0 Å². The summed E-state index contributed by atoms with van der Waals surface area (Å²) >= 11 is 1.85. The number of hydrogen-bond acceptors (Lipinski definition) is 4. The minimum absolute atomic E-state index is 0.276. The lowest BCUT2D eigenvalue weighted by molar-refractivity contribution is -0.0971. The van der Waals surface area contributed by atoms with Gasteiger partial charge in [-0.1, -0.05) is 12.1 Å². The number of ether oxygens (including phenoxy) is 2. The van der Waals surface area contributed by atoms with Crippen LogP contribution in [0, 0.1) is 0 Å². The highest BCUT2D eigenvalue weighted by molar-refractivity contribution is 7.09. The van der Waals surface area contributed by atoms with Gasteiger partial charge >= 0.3 is 0 Å². The molecule has 1 aromatic rings. The van der Waals surface area contributed by atoms with E-state index in [2.05, 4.69) is 29.0 Å². The van der Waals surface area contributed by atoms with Gasteiger partial charge in [-0.25, -0.2) is 0 Å². The van der Waals surface area contributed by atoms with Crippen LogP contribution in [0.1, 0.15) is 24.1 Å². The third-order valence-corrected chi connectivity index (χ3v) is 5.09. The fourth-order valence-electron chi connectivity index (χ4n) is 3.29. The summed E-state index contributed by atoms with van der Waals surface area (Å²) in [6, 6.07) is 4.97. The molecule has 3 nitrogen and oxygen atoms in total. The van der Waals surface area contributed by atoms with Gasteiger partial charge in [-0.15, -0.1) is 17.9 Å². The van der Waals surface area contributed by atoms with Crippen molar-refractivity contribution in [1.82, 2.24) is 4.90 Å². The Morgan fingerprint density at radius 2 is 2.40 bits per heavy atom. The smallest absolute Gasteiger partial charge is 0.0813 e. The molecule has 2 aliphatic heterocycles. The second kappa shape index (κ2) is 6.85. The predicted molar refractivity (Wildman–Crippen MR) is 82.0 cm³/mol. The van der Waals surface area contributed by atoms with Crippen LogP contribution in [0.25, 0.3) is 0 Å². The Hall–Kier alpha value is -0.680. The van der Waals surface area contributed by atoms with E-state index in [1.54, 1.807) is 6.08 Å². The van der Waals surface area contributed by atoms with Crippen molar-refractivity contribution in [2.45, 2.75) is 44.1 Å². The fourth-order valence-corrected chi connectivity index (χ4v) is 4.02. The first-order valence-corrected chi connectivity index (χ1v) is 8.35. The topological polar surface area (TPSA) is 21.7 Å². The zero-order chi connectivity index (χ0) is 13.8. The highest BCUT2D eigenvalue weighted by Gasteiger charge is 2.39. The SMILES string of the molecule is C=CCOC[C@@H]1CC[C@H]2[C@H](CCN2Cc2cccs2)O1. The predicted octanol–water partition coefficient (Wildman–Crippen LogP) is 3.07. The molecule has 110 valence electrons. The first-order chi connectivity index (χ1) is 9.86. The highest BCUT2D eigenvalue weighted by Crippen LogP contribution is 2.33. The van der Waals surface area contributed by atoms with Crippen LogP contribution in [0.3, 0.4) is 0 Å². The van der Waals surface area contributed by atoms with Crippen LogP contribution in [-0.4, -0.2) is 42.9 Å². The van der Waals surface area contributed by atoms with Crippen LogP contribution in [0.5, 0.6) is 0 Å². The Labute approximate surface area is 125 Å². The molecule has 3 heterocycles. The second-order valence-electron chi connectivity index (χ2n) is 5.61. The van der Waals surface area contributed by atoms with Crippen molar-refractivity contribution in [3.63, 3.8) is 0 Å². The summed E-state index contributed by atoms with van der Waals surface area (Å²) in [6.07, 6.45) is 5.98. The quantitative estimate of drug-likeness (QED) is 0.594. The molecular weight excluding hydrogens is 270 g/mol. The summed E-state index contributed by atoms with van der Waals surface area (Å²) in [5.74, 6) is 0. The third-order valence-electron chi connectivity index (χ3n) is 4.23. The molecule has 0 N–H and O–H groups in total. The van der Waals surface area contributed by atoms with Crippen molar-refractivity contribution < 1.29 is 9.47 Å². The van der Waals surface area contributed by atoms with Crippen molar-refractivity contribution >= 4 is 11.3 Å². The maximum absolute atomic E-state index is 6.21. The van der Waals surface area contributed by atoms with Gasteiger partial charge in [0.05, 0.1) is 25.4 Å². The van der Waals surface area contributed by atoms with Crippen molar-refractivity contribution in [2.75, 3.05) is 19.8 Å². The lowest BCUT2D eigenvalue weighted by Crippen LogP contribution is -2.43. The van der Waals surface area contributed by atoms with Crippen LogP contribution in [0.15, 0.2) is 30.2 Å². The Balaban J connectivity index is 1.50. The molecule has 0 amide bonds. The molecule has 4 heteroatoms. The number of nitrogens with zero attached hydrogens (tertiary/aromatic N) is 1. The molecule has 1 aromatic heterocycles. The Kier molecular flexibility index (Phi) is 4.89. The van der Waals surface area contributed by atoms with Gasteiger partial charge < -0.3 is 9.47 Å². The Bertz CT molecular complexity index is 420. The van der Waals surface area contributed by atoms with Gasteiger partial charge in [0.1, 0.15) is 0 Å². The normalized spacial score (nSPS) is 30.3. The average molecular weight is 293 g/mol.